The zero-order chi connectivity index (χ0) is 15.2. The van der Waals surface area contributed by atoms with Gasteiger partial charge in [-0.25, -0.2) is 4.39 Å². The first-order valence-electron chi connectivity index (χ1n) is 5.78. The third-order valence-electron chi connectivity index (χ3n) is 2.38. The minimum absolute atomic E-state index is 0.0661. The number of halogens is 2. The number of thiocarbonyl (C=S) groups is 1. The van der Waals surface area contributed by atoms with Crippen LogP contribution in [0.2, 0.25) is 0 Å². The van der Waals surface area contributed by atoms with E-state index in [1.54, 1.807) is 24.4 Å². The summed E-state index contributed by atoms with van der Waals surface area (Å²) in [4.78, 5) is 15.7. The number of carbonyl (C=O) groups excluding carboxylic acids is 1. The lowest BCUT2D eigenvalue weighted by Crippen LogP contribution is -2.43. The minimum atomic E-state index is -0.441. The number of pyridine rings is 1. The summed E-state index contributed by atoms with van der Waals surface area (Å²) >= 11 is 8.18. The Morgan fingerprint density at radius 1 is 1.24 bits per heavy atom. The molecule has 2 aromatic rings. The van der Waals surface area contributed by atoms with Crippen LogP contribution in [0.4, 0.5) is 10.1 Å². The fourth-order valence-electron chi connectivity index (χ4n) is 1.44. The Bertz CT molecular complexity index is 683. The van der Waals surface area contributed by atoms with Gasteiger partial charge in [-0.05, 0) is 46.3 Å². The molecule has 0 fully saturated rings. The topological polar surface area (TPSA) is 66.1 Å². The molecule has 0 atom stereocenters. The number of aromatic nitrogens is 1. The Labute approximate surface area is 134 Å². The van der Waals surface area contributed by atoms with Crippen molar-refractivity contribution in [3.63, 3.8) is 0 Å². The molecule has 1 aromatic carbocycles. The fourth-order valence-corrected chi connectivity index (χ4v) is 1.96. The van der Waals surface area contributed by atoms with Crippen molar-refractivity contribution in [1.82, 2.24) is 15.8 Å². The van der Waals surface area contributed by atoms with E-state index in [0.717, 1.165) is 0 Å². The molecule has 0 aliphatic rings. The Balaban J connectivity index is 1.90. The van der Waals surface area contributed by atoms with Gasteiger partial charge in [-0.3, -0.25) is 20.6 Å². The van der Waals surface area contributed by atoms with Crippen molar-refractivity contribution >= 4 is 44.9 Å². The van der Waals surface area contributed by atoms with Crippen molar-refractivity contribution in [2.75, 3.05) is 5.32 Å². The summed E-state index contributed by atoms with van der Waals surface area (Å²) in [5, 5.41) is 2.70. The molecule has 1 heterocycles. The lowest BCUT2D eigenvalue weighted by Gasteiger charge is -2.12. The normalized spacial score (nSPS) is 9.81. The van der Waals surface area contributed by atoms with Crippen molar-refractivity contribution in [2.45, 2.75) is 0 Å². The second kappa shape index (κ2) is 7.09. The van der Waals surface area contributed by atoms with Crippen LogP contribution >= 0.6 is 28.1 Å². The number of hydrogen-bond donors (Lipinski definition) is 3. The van der Waals surface area contributed by atoms with Crippen molar-refractivity contribution in [2.24, 2.45) is 0 Å². The van der Waals surface area contributed by atoms with Crippen LogP contribution in [0.5, 0.6) is 0 Å². The molecule has 21 heavy (non-hydrogen) atoms. The number of hydrogen-bond acceptors (Lipinski definition) is 3. The van der Waals surface area contributed by atoms with Gasteiger partial charge < -0.3 is 5.32 Å². The van der Waals surface area contributed by atoms with Crippen LogP contribution in [0.3, 0.4) is 0 Å². The molecule has 3 N–H and O–H groups in total. The van der Waals surface area contributed by atoms with Crippen LogP contribution in [0.1, 0.15) is 10.4 Å². The van der Waals surface area contributed by atoms with E-state index in [1.807, 2.05) is 0 Å². The number of nitrogens with one attached hydrogen (secondary N) is 3. The number of benzene rings is 1. The number of para-hydroxylation sites is 1. The summed E-state index contributed by atoms with van der Waals surface area (Å²) in [7, 11) is 0. The smallest absolute Gasteiger partial charge is 0.271 e. The van der Waals surface area contributed by atoms with E-state index in [2.05, 4.69) is 37.1 Å². The first kappa shape index (κ1) is 15.3. The summed E-state index contributed by atoms with van der Waals surface area (Å²) in [5.41, 5.74) is 5.45. The quantitative estimate of drug-likeness (QED) is 0.561. The molecular formula is C13H10BrFN4OS. The van der Waals surface area contributed by atoms with Crippen LogP contribution in [0.25, 0.3) is 0 Å². The molecule has 2 rings (SSSR count). The summed E-state index contributed by atoms with van der Waals surface area (Å²) in [5.74, 6) is -0.856. The van der Waals surface area contributed by atoms with Crippen molar-refractivity contribution in [3.8, 4) is 0 Å². The zero-order valence-electron chi connectivity index (χ0n) is 10.6. The number of rotatable bonds is 2. The molecule has 0 spiro atoms. The molecule has 1 amide bonds. The molecule has 0 aliphatic carbocycles. The summed E-state index contributed by atoms with van der Waals surface area (Å²) in [6, 6.07) is 7.68. The third-order valence-corrected chi connectivity index (χ3v) is 3.02. The van der Waals surface area contributed by atoms with E-state index in [9.17, 15) is 9.18 Å². The largest absolute Gasteiger partial charge is 0.329 e. The molecule has 5 nitrogen and oxygen atoms in total. The Kier molecular flexibility index (Phi) is 5.18. The van der Waals surface area contributed by atoms with Gasteiger partial charge in [0.1, 0.15) is 5.82 Å². The van der Waals surface area contributed by atoms with Crippen LogP contribution in [0, 0.1) is 5.82 Å². The first-order valence-corrected chi connectivity index (χ1v) is 6.99. The van der Waals surface area contributed by atoms with Crippen LogP contribution < -0.4 is 16.2 Å². The monoisotopic (exact) mass is 368 g/mol. The zero-order valence-corrected chi connectivity index (χ0v) is 13.0. The Hall–Kier alpha value is -2.06. The predicted molar refractivity (Wildman–Crippen MR) is 85.2 cm³/mol. The number of nitrogens with zero attached hydrogens (tertiary/aromatic N) is 1. The van der Waals surface area contributed by atoms with Gasteiger partial charge >= 0.3 is 0 Å². The molecule has 0 radical (unpaired) electrons. The molecule has 1 aromatic heterocycles. The highest BCUT2D eigenvalue weighted by atomic mass is 79.9. The number of carbonyl (C=O) groups is 1. The molecule has 0 saturated heterocycles. The fraction of sp³-hybridized carbons (Fsp3) is 0. The predicted octanol–water partition coefficient (Wildman–Crippen LogP) is 2.61. The molecule has 0 saturated carbocycles. The van der Waals surface area contributed by atoms with Crippen LogP contribution in [-0.2, 0) is 0 Å². The maximum Gasteiger partial charge on any atom is 0.271 e. The van der Waals surface area contributed by atoms with Gasteiger partial charge in [0.2, 0.25) is 0 Å². The van der Waals surface area contributed by atoms with E-state index < -0.39 is 11.7 Å². The summed E-state index contributed by atoms with van der Waals surface area (Å²) in [6.07, 6.45) is 2.98. The molecule has 8 heteroatoms. The number of anilines is 1. The van der Waals surface area contributed by atoms with E-state index >= 15 is 0 Å². The Morgan fingerprint density at radius 2 is 2.00 bits per heavy atom. The maximum atomic E-state index is 13.4. The summed E-state index contributed by atoms with van der Waals surface area (Å²) in [6.45, 7) is 0. The van der Waals surface area contributed by atoms with Crippen molar-refractivity contribution in [1.29, 1.82) is 0 Å². The van der Waals surface area contributed by atoms with Gasteiger partial charge in [-0.1, -0.05) is 12.1 Å². The second-order valence-corrected chi connectivity index (χ2v) is 5.23. The van der Waals surface area contributed by atoms with Gasteiger partial charge in [0, 0.05) is 16.9 Å². The highest BCUT2D eigenvalue weighted by Crippen LogP contribution is 2.12. The number of hydrazine groups is 1. The standard InChI is InChI=1S/C13H10BrFN4OS/c14-9-5-8(6-16-7-9)12(20)18-19-13(21)17-11-4-2-1-3-10(11)15/h1-7H,(H,18,20)(H2,17,19,21). The average molecular weight is 369 g/mol. The molecule has 0 aliphatic heterocycles. The lowest BCUT2D eigenvalue weighted by molar-refractivity contribution is 0.0943. The molecule has 108 valence electrons. The van der Waals surface area contributed by atoms with Crippen LogP contribution in [-0.4, -0.2) is 16.0 Å². The van der Waals surface area contributed by atoms with Crippen molar-refractivity contribution < 1.29 is 9.18 Å². The average Bonchev–Trinajstić information content (AvgIpc) is 2.47. The molecule has 0 bridgehead atoms. The van der Waals surface area contributed by atoms with Gasteiger partial charge in [-0.2, -0.15) is 0 Å². The van der Waals surface area contributed by atoms with E-state index in [0.29, 0.717) is 10.0 Å². The highest BCUT2D eigenvalue weighted by molar-refractivity contribution is 9.10. The van der Waals surface area contributed by atoms with E-state index in [-0.39, 0.29) is 10.8 Å². The Morgan fingerprint density at radius 3 is 2.71 bits per heavy atom. The summed E-state index contributed by atoms with van der Waals surface area (Å²) < 4.78 is 14.1. The highest BCUT2D eigenvalue weighted by Gasteiger charge is 2.07. The molecule has 0 unspecified atom stereocenters. The van der Waals surface area contributed by atoms with Gasteiger partial charge in [-0.15, -0.1) is 0 Å². The third kappa shape index (κ3) is 4.47. The van der Waals surface area contributed by atoms with E-state index in [1.165, 1.54) is 18.3 Å². The van der Waals surface area contributed by atoms with Gasteiger partial charge in [0.15, 0.2) is 5.11 Å². The maximum absolute atomic E-state index is 13.4. The van der Waals surface area contributed by atoms with Crippen molar-refractivity contribution in [3.05, 3.63) is 58.6 Å². The number of amides is 1. The molecular weight excluding hydrogens is 359 g/mol. The second-order valence-electron chi connectivity index (χ2n) is 3.90. The van der Waals surface area contributed by atoms with Gasteiger partial charge in [0.05, 0.1) is 11.3 Å². The first-order chi connectivity index (χ1) is 10.1. The lowest BCUT2D eigenvalue weighted by atomic mass is 10.3. The van der Waals surface area contributed by atoms with Gasteiger partial charge in [0.25, 0.3) is 5.91 Å². The SMILES string of the molecule is O=C(NNC(=S)Nc1ccccc1F)c1cncc(Br)c1. The van der Waals surface area contributed by atoms with Crippen LogP contribution in [0.15, 0.2) is 47.2 Å². The minimum Gasteiger partial charge on any atom is -0.329 e. The van der Waals surface area contributed by atoms with E-state index in [4.69, 9.17) is 12.2 Å².